The number of nitrogens with one attached hydrogen (secondary N) is 1. The summed E-state index contributed by atoms with van der Waals surface area (Å²) in [6.07, 6.45) is 0.0408. The van der Waals surface area contributed by atoms with Crippen molar-refractivity contribution in [3.05, 3.63) is 35.1 Å². The van der Waals surface area contributed by atoms with Gasteiger partial charge in [0, 0.05) is 13.0 Å². The van der Waals surface area contributed by atoms with Crippen LogP contribution in [0.1, 0.15) is 22.3 Å². The third-order valence-electron chi connectivity index (χ3n) is 2.09. The first-order valence-corrected chi connectivity index (χ1v) is 4.84. The molecule has 0 saturated carbocycles. The molecule has 4 nitrogen and oxygen atoms in total. The van der Waals surface area contributed by atoms with Crippen LogP contribution in [-0.4, -0.2) is 18.4 Å². The van der Waals surface area contributed by atoms with E-state index in [-0.39, 0.29) is 18.5 Å². The quantitative estimate of drug-likeness (QED) is 0.791. The van der Waals surface area contributed by atoms with E-state index in [1.807, 2.05) is 0 Å². The van der Waals surface area contributed by atoms with Crippen LogP contribution in [0.15, 0.2) is 18.2 Å². The van der Waals surface area contributed by atoms with Gasteiger partial charge in [0.15, 0.2) is 0 Å². The van der Waals surface area contributed by atoms with Gasteiger partial charge in [-0.3, -0.25) is 9.59 Å². The predicted octanol–water partition coefficient (Wildman–Crippen LogP) is 0.739. The zero-order chi connectivity index (χ0) is 12.1. The molecule has 0 unspecified atom stereocenters. The summed E-state index contributed by atoms with van der Waals surface area (Å²) in [6.45, 7) is 1.69. The summed E-state index contributed by atoms with van der Waals surface area (Å²) in [5.74, 6) is -1.59. The number of carbonyl (C=O) groups is 2. The van der Waals surface area contributed by atoms with Crippen LogP contribution in [-0.2, 0) is 4.79 Å². The Kier molecular flexibility index (Phi) is 3.99. The highest BCUT2D eigenvalue weighted by atomic mass is 19.1. The van der Waals surface area contributed by atoms with Crippen molar-refractivity contribution in [2.24, 2.45) is 5.73 Å². The van der Waals surface area contributed by atoms with Gasteiger partial charge in [-0.25, -0.2) is 4.39 Å². The molecule has 0 spiro atoms. The van der Waals surface area contributed by atoms with Crippen molar-refractivity contribution in [3.63, 3.8) is 0 Å². The maximum absolute atomic E-state index is 13.5. The molecule has 1 aromatic carbocycles. The van der Waals surface area contributed by atoms with Gasteiger partial charge in [-0.05, 0) is 18.6 Å². The van der Waals surface area contributed by atoms with Crippen LogP contribution in [0.25, 0.3) is 0 Å². The summed E-state index contributed by atoms with van der Waals surface area (Å²) in [4.78, 5) is 21.9. The normalized spacial score (nSPS) is 9.88. The molecule has 0 atom stereocenters. The van der Waals surface area contributed by atoms with Gasteiger partial charge in [0.25, 0.3) is 5.91 Å². The highest BCUT2D eigenvalue weighted by molar-refractivity contribution is 5.94. The standard InChI is InChI=1S/C11H13FN2O2/c1-7-3-2-4-8(10(7)12)11(16)14-6-5-9(13)15/h2-4H,5-6H2,1H3,(H2,13,15)(H,14,16). The number of rotatable bonds is 4. The molecule has 0 radical (unpaired) electrons. The molecule has 0 aromatic heterocycles. The van der Waals surface area contributed by atoms with E-state index in [1.165, 1.54) is 6.07 Å². The van der Waals surface area contributed by atoms with Crippen LogP contribution in [0, 0.1) is 12.7 Å². The lowest BCUT2D eigenvalue weighted by atomic mass is 10.1. The van der Waals surface area contributed by atoms with Crippen LogP contribution in [0.5, 0.6) is 0 Å². The Morgan fingerprint density at radius 2 is 2.12 bits per heavy atom. The fourth-order valence-corrected chi connectivity index (χ4v) is 1.22. The van der Waals surface area contributed by atoms with Gasteiger partial charge >= 0.3 is 0 Å². The van der Waals surface area contributed by atoms with Gasteiger partial charge in [-0.1, -0.05) is 12.1 Å². The first kappa shape index (κ1) is 12.2. The minimum atomic E-state index is -0.543. The lowest BCUT2D eigenvalue weighted by Gasteiger charge is -2.06. The van der Waals surface area contributed by atoms with Crippen LogP contribution in [0.3, 0.4) is 0 Å². The zero-order valence-corrected chi connectivity index (χ0v) is 8.92. The molecule has 0 heterocycles. The van der Waals surface area contributed by atoms with E-state index in [4.69, 9.17) is 5.73 Å². The fourth-order valence-electron chi connectivity index (χ4n) is 1.22. The van der Waals surface area contributed by atoms with Crippen LogP contribution < -0.4 is 11.1 Å². The van der Waals surface area contributed by atoms with Gasteiger partial charge in [-0.15, -0.1) is 0 Å². The predicted molar refractivity (Wildman–Crippen MR) is 57.3 cm³/mol. The van der Waals surface area contributed by atoms with Gasteiger partial charge in [0.2, 0.25) is 5.91 Å². The lowest BCUT2D eigenvalue weighted by molar-refractivity contribution is -0.117. The maximum Gasteiger partial charge on any atom is 0.254 e. The first-order chi connectivity index (χ1) is 7.52. The maximum atomic E-state index is 13.5. The van der Waals surface area contributed by atoms with Gasteiger partial charge in [0.05, 0.1) is 5.56 Å². The van der Waals surface area contributed by atoms with E-state index < -0.39 is 17.6 Å². The molecular formula is C11H13FN2O2. The van der Waals surface area contributed by atoms with Crippen molar-refractivity contribution in [1.29, 1.82) is 0 Å². The van der Waals surface area contributed by atoms with E-state index >= 15 is 0 Å². The Labute approximate surface area is 92.6 Å². The SMILES string of the molecule is Cc1cccc(C(=O)NCCC(N)=O)c1F. The first-order valence-electron chi connectivity index (χ1n) is 4.84. The van der Waals surface area contributed by atoms with Crippen LogP contribution in [0.4, 0.5) is 4.39 Å². The number of aryl methyl sites for hydroxylation is 1. The molecule has 3 N–H and O–H groups in total. The number of amides is 2. The zero-order valence-electron chi connectivity index (χ0n) is 8.92. The molecule has 1 rings (SSSR count). The monoisotopic (exact) mass is 224 g/mol. The van der Waals surface area contributed by atoms with E-state index in [9.17, 15) is 14.0 Å². The summed E-state index contributed by atoms with van der Waals surface area (Å²) in [5, 5.41) is 2.42. The summed E-state index contributed by atoms with van der Waals surface area (Å²) in [6, 6.07) is 4.57. The second-order valence-corrected chi connectivity index (χ2v) is 3.41. The van der Waals surface area contributed by atoms with Gasteiger partial charge in [-0.2, -0.15) is 0 Å². The number of hydrogen-bond donors (Lipinski definition) is 2. The molecule has 0 aliphatic rings. The Morgan fingerprint density at radius 3 is 2.75 bits per heavy atom. The summed E-state index contributed by atoms with van der Waals surface area (Å²) in [7, 11) is 0. The highest BCUT2D eigenvalue weighted by Gasteiger charge is 2.12. The molecule has 0 fully saturated rings. The summed E-state index contributed by atoms with van der Waals surface area (Å²) < 4.78 is 13.5. The second kappa shape index (κ2) is 5.25. The smallest absolute Gasteiger partial charge is 0.254 e. The molecule has 1 aromatic rings. The minimum Gasteiger partial charge on any atom is -0.370 e. The molecule has 0 aliphatic heterocycles. The van der Waals surface area contributed by atoms with Crippen LogP contribution in [0.2, 0.25) is 0 Å². The van der Waals surface area contributed by atoms with Crippen molar-refractivity contribution in [3.8, 4) is 0 Å². The van der Waals surface area contributed by atoms with Gasteiger partial charge in [0.1, 0.15) is 5.82 Å². The average molecular weight is 224 g/mol. The van der Waals surface area contributed by atoms with E-state index in [0.29, 0.717) is 5.56 Å². The number of primary amides is 1. The Hall–Kier alpha value is -1.91. The molecule has 0 saturated heterocycles. The number of benzene rings is 1. The number of carbonyl (C=O) groups excluding carboxylic acids is 2. The van der Waals surface area contributed by atoms with E-state index in [0.717, 1.165) is 0 Å². The van der Waals surface area contributed by atoms with E-state index in [1.54, 1.807) is 19.1 Å². The molecule has 16 heavy (non-hydrogen) atoms. The number of hydrogen-bond acceptors (Lipinski definition) is 2. The summed E-state index contributed by atoms with van der Waals surface area (Å²) >= 11 is 0. The van der Waals surface area contributed by atoms with Crippen LogP contribution >= 0.6 is 0 Å². The molecular weight excluding hydrogens is 211 g/mol. The van der Waals surface area contributed by atoms with Crippen molar-refractivity contribution in [1.82, 2.24) is 5.32 Å². The number of nitrogens with two attached hydrogens (primary N) is 1. The second-order valence-electron chi connectivity index (χ2n) is 3.41. The van der Waals surface area contributed by atoms with E-state index in [2.05, 4.69) is 5.32 Å². The molecule has 0 bridgehead atoms. The summed E-state index contributed by atoms with van der Waals surface area (Å²) in [5.41, 5.74) is 5.29. The van der Waals surface area contributed by atoms with Crippen molar-refractivity contribution >= 4 is 11.8 Å². The lowest BCUT2D eigenvalue weighted by Crippen LogP contribution is -2.28. The molecule has 2 amide bonds. The number of halogens is 1. The third kappa shape index (κ3) is 3.05. The molecule has 5 heteroatoms. The Bertz CT molecular complexity index is 418. The molecule has 0 aliphatic carbocycles. The Morgan fingerprint density at radius 1 is 1.44 bits per heavy atom. The Balaban J connectivity index is 2.66. The average Bonchev–Trinajstić information content (AvgIpc) is 2.21. The van der Waals surface area contributed by atoms with Crippen molar-refractivity contribution < 1.29 is 14.0 Å². The van der Waals surface area contributed by atoms with Crippen molar-refractivity contribution in [2.75, 3.05) is 6.54 Å². The molecule has 86 valence electrons. The fraction of sp³-hybridized carbons (Fsp3) is 0.273. The van der Waals surface area contributed by atoms with Crippen molar-refractivity contribution in [2.45, 2.75) is 13.3 Å². The topological polar surface area (TPSA) is 72.2 Å². The third-order valence-corrected chi connectivity index (χ3v) is 2.09. The largest absolute Gasteiger partial charge is 0.370 e. The van der Waals surface area contributed by atoms with Gasteiger partial charge < -0.3 is 11.1 Å². The highest BCUT2D eigenvalue weighted by Crippen LogP contribution is 2.11. The minimum absolute atomic E-state index is 0.0236.